The first-order chi connectivity index (χ1) is 7.67. The summed E-state index contributed by atoms with van der Waals surface area (Å²) in [4.78, 5) is 4.34. The molecular weight excluding hydrogens is 220 g/mol. The lowest BCUT2D eigenvalue weighted by Crippen LogP contribution is -2.42. The summed E-state index contributed by atoms with van der Waals surface area (Å²) in [6.07, 6.45) is 9.30. The van der Waals surface area contributed by atoms with E-state index in [1.54, 1.807) is 6.20 Å². The summed E-state index contributed by atoms with van der Waals surface area (Å²) >= 11 is 2.08. The number of thioether (sulfide) groups is 1. The number of nitrogens with zero attached hydrogens (tertiary/aromatic N) is 2. The molecule has 1 N–H and O–H groups in total. The van der Waals surface area contributed by atoms with Gasteiger partial charge >= 0.3 is 0 Å². The van der Waals surface area contributed by atoms with Crippen LogP contribution in [0.5, 0.6) is 0 Å². The van der Waals surface area contributed by atoms with Gasteiger partial charge in [0.2, 0.25) is 0 Å². The van der Waals surface area contributed by atoms with Gasteiger partial charge in [-0.3, -0.25) is 0 Å². The molecule has 2 aliphatic heterocycles. The summed E-state index contributed by atoms with van der Waals surface area (Å²) in [6, 6.07) is 0. The average Bonchev–Trinajstić information content (AvgIpc) is 2.64. The Balaban J connectivity index is 1.91. The first-order valence-electron chi connectivity index (χ1n) is 6.03. The third-order valence-electron chi connectivity index (χ3n) is 3.81. The Morgan fingerprint density at radius 1 is 1.44 bits per heavy atom. The van der Waals surface area contributed by atoms with Crippen LogP contribution in [0.1, 0.15) is 37.9 Å². The molecule has 0 amide bonds. The third kappa shape index (κ3) is 1.68. The molecule has 2 aliphatic rings. The molecule has 2 atom stereocenters. The van der Waals surface area contributed by atoms with Gasteiger partial charge in [0.1, 0.15) is 11.4 Å². The van der Waals surface area contributed by atoms with Gasteiger partial charge in [0.05, 0.1) is 0 Å². The molecule has 1 aromatic heterocycles. The molecule has 2 unspecified atom stereocenters. The number of imidazole rings is 1. The molecule has 0 aliphatic carbocycles. The molecule has 3 nitrogen and oxygen atoms in total. The largest absolute Gasteiger partial charge is 0.382 e. The zero-order valence-corrected chi connectivity index (χ0v) is 10.4. The lowest BCUT2D eigenvalue weighted by molar-refractivity contribution is -0.00265. The SMILES string of the molecule is Cn1ccnc1C1(O)CC2CCCC(C1)S2. The van der Waals surface area contributed by atoms with Crippen LogP contribution in [0.2, 0.25) is 0 Å². The minimum atomic E-state index is -0.681. The number of aliphatic hydroxyl groups is 1. The van der Waals surface area contributed by atoms with E-state index < -0.39 is 5.60 Å². The smallest absolute Gasteiger partial charge is 0.140 e. The monoisotopic (exact) mass is 238 g/mol. The van der Waals surface area contributed by atoms with Gasteiger partial charge in [0, 0.05) is 29.9 Å². The first-order valence-corrected chi connectivity index (χ1v) is 6.97. The van der Waals surface area contributed by atoms with Crippen LogP contribution in [0.4, 0.5) is 0 Å². The standard InChI is InChI=1S/C12H18N2OS/c1-14-6-5-13-11(14)12(15)7-9-3-2-4-10(8-12)16-9/h5-6,9-10,15H,2-4,7-8H2,1H3. The van der Waals surface area contributed by atoms with Crippen LogP contribution in [0, 0.1) is 0 Å². The van der Waals surface area contributed by atoms with Gasteiger partial charge in [-0.15, -0.1) is 0 Å². The molecule has 2 fully saturated rings. The van der Waals surface area contributed by atoms with Crippen molar-refractivity contribution in [3.8, 4) is 0 Å². The van der Waals surface area contributed by atoms with E-state index in [0.29, 0.717) is 10.5 Å². The van der Waals surface area contributed by atoms with Crippen LogP contribution in [-0.4, -0.2) is 25.2 Å². The maximum atomic E-state index is 10.8. The molecule has 3 rings (SSSR count). The summed E-state index contributed by atoms with van der Waals surface area (Å²) in [5.41, 5.74) is -0.681. The Morgan fingerprint density at radius 2 is 2.12 bits per heavy atom. The molecule has 0 spiro atoms. The van der Waals surface area contributed by atoms with Crippen LogP contribution in [-0.2, 0) is 12.6 Å². The average molecular weight is 238 g/mol. The zero-order chi connectivity index (χ0) is 11.2. The molecule has 4 heteroatoms. The topological polar surface area (TPSA) is 38.0 Å². The fraction of sp³-hybridized carbons (Fsp3) is 0.750. The maximum Gasteiger partial charge on any atom is 0.140 e. The van der Waals surface area contributed by atoms with Gasteiger partial charge in [-0.25, -0.2) is 4.98 Å². The first kappa shape index (κ1) is 10.7. The summed E-state index contributed by atoms with van der Waals surface area (Å²) in [7, 11) is 1.97. The van der Waals surface area contributed by atoms with Crippen LogP contribution in [0.25, 0.3) is 0 Å². The molecule has 2 bridgehead atoms. The van der Waals surface area contributed by atoms with E-state index in [2.05, 4.69) is 16.7 Å². The van der Waals surface area contributed by atoms with Gasteiger partial charge < -0.3 is 9.67 Å². The van der Waals surface area contributed by atoms with Crippen molar-refractivity contribution in [2.45, 2.75) is 48.2 Å². The van der Waals surface area contributed by atoms with Crippen LogP contribution in [0.15, 0.2) is 12.4 Å². The van der Waals surface area contributed by atoms with E-state index >= 15 is 0 Å². The summed E-state index contributed by atoms with van der Waals surface area (Å²) in [5, 5.41) is 12.1. The third-order valence-corrected chi connectivity index (χ3v) is 5.38. The number of fused-ring (bicyclic) bond motifs is 2. The van der Waals surface area contributed by atoms with Gasteiger partial charge in [-0.05, 0) is 25.7 Å². The Morgan fingerprint density at radius 3 is 2.69 bits per heavy atom. The van der Waals surface area contributed by atoms with Crippen molar-refractivity contribution in [2.24, 2.45) is 7.05 Å². The van der Waals surface area contributed by atoms with Crippen molar-refractivity contribution >= 4 is 11.8 Å². The van der Waals surface area contributed by atoms with E-state index in [4.69, 9.17) is 0 Å². The Labute approximate surface area is 100 Å². The number of rotatable bonds is 1. The van der Waals surface area contributed by atoms with E-state index in [0.717, 1.165) is 18.7 Å². The van der Waals surface area contributed by atoms with Crippen molar-refractivity contribution in [2.75, 3.05) is 0 Å². The van der Waals surface area contributed by atoms with Crippen LogP contribution in [0.3, 0.4) is 0 Å². The van der Waals surface area contributed by atoms with Crippen molar-refractivity contribution < 1.29 is 5.11 Å². The highest BCUT2D eigenvalue weighted by Crippen LogP contribution is 2.48. The lowest BCUT2D eigenvalue weighted by atomic mass is 9.85. The Hall–Kier alpha value is -0.480. The van der Waals surface area contributed by atoms with Crippen molar-refractivity contribution in [1.82, 2.24) is 9.55 Å². The molecule has 0 saturated carbocycles. The van der Waals surface area contributed by atoms with Crippen molar-refractivity contribution in [1.29, 1.82) is 0 Å². The van der Waals surface area contributed by atoms with E-state index in [-0.39, 0.29) is 0 Å². The number of hydrogen-bond donors (Lipinski definition) is 1. The number of aryl methyl sites for hydroxylation is 1. The molecule has 0 radical (unpaired) electrons. The van der Waals surface area contributed by atoms with Crippen LogP contribution < -0.4 is 0 Å². The lowest BCUT2D eigenvalue weighted by Gasteiger charge is -2.43. The fourth-order valence-electron chi connectivity index (χ4n) is 3.12. The second-order valence-corrected chi connectivity index (χ2v) is 6.72. The van der Waals surface area contributed by atoms with Crippen molar-refractivity contribution in [3.63, 3.8) is 0 Å². The van der Waals surface area contributed by atoms with E-state index in [9.17, 15) is 5.11 Å². The quantitative estimate of drug-likeness (QED) is 0.814. The zero-order valence-electron chi connectivity index (χ0n) is 9.59. The molecule has 16 heavy (non-hydrogen) atoms. The second kappa shape index (κ2) is 3.77. The molecule has 88 valence electrons. The highest BCUT2D eigenvalue weighted by Gasteiger charge is 2.44. The van der Waals surface area contributed by atoms with Gasteiger partial charge in [0.25, 0.3) is 0 Å². The van der Waals surface area contributed by atoms with E-state index in [1.807, 2.05) is 17.8 Å². The van der Waals surface area contributed by atoms with Gasteiger partial charge in [-0.2, -0.15) is 11.8 Å². The maximum absolute atomic E-state index is 10.8. The highest BCUT2D eigenvalue weighted by molar-refractivity contribution is 8.00. The minimum absolute atomic E-state index is 0.634. The second-order valence-electron chi connectivity index (χ2n) is 5.11. The predicted molar refractivity (Wildman–Crippen MR) is 65.4 cm³/mol. The molecule has 0 aromatic carbocycles. The van der Waals surface area contributed by atoms with Gasteiger partial charge in [-0.1, -0.05) is 6.42 Å². The summed E-state index contributed by atoms with van der Waals surface area (Å²) in [5.74, 6) is 0.852. The van der Waals surface area contributed by atoms with Gasteiger partial charge in [0.15, 0.2) is 0 Å². The molecule has 3 heterocycles. The summed E-state index contributed by atoms with van der Waals surface area (Å²) in [6.45, 7) is 0. The Kier molecular flexibility index (Phi) is 2.51. The molecule has 2 saturated heterocycles. The van der Waals surface area contributed by atoms with Crippen LogP contribution >= 0.6 is 11.8 Å². The normalized spacial score (nSPS) is 38.6. The molecular formula is C12H18N2OS. The number of aromatic nitrogens is 2. The highest BCUT2D eigenvalue weighted by atomic mass is 32.2. The summed E-state index contributed by atoms with van der Waals surface area (Å²) < 4.78 is 1.96. The number of hydrogen-bond acceptors (Lipinski definition) is 3. The Bertz CT molecular complexity index is 378. The minimum Gasteiger partial charge on any atom is -0.382 e. The van der Waals surface area contributed by atoms with Crippen molar-refractivity contribution in [3.05, 3.63) is 18.2 Å². The predicted octanol–water partition coefficient (Wildman–Crippen LogP) is 2.06. The van der Waals surface area contributed by atoms with E-state index in [1.165, 1.54) is 19.3 Å². The molecule has 1 aromatic rings. The fourth-order valence-corrected chi connectivity index (χ4v) is 5.01.